The summed E-state index contributed by atoms with van der Waals surface area (Å²) in [6.07, 6.45) is 0.811. The zero-order valence-electron chi connectivity index (χ0n) is 20.8. The Kier molecular flexibility index (Phi) is 7.88. The van der Waals surface area contributed by atoms with Crippen molar-refractivity contribution in [2.75, 3.05) is 19.0 Å². The molecule has 0 unspecified atom stereocenters. The first-order chi connectivity index (χ1) is 17.4. The molecule has 0 bridgehead atoms. The number of hydrogen-bond donors (Lipinski definition) is 1. The number of carbonyl (C=O) groups is 2. The molecule has 0 saturated heterocycles. The number of methoxy groups -OCH3 is 1. The van der Waals surface area contributed by atoms with Crippen molar-refractivity contribution in [1.82, 2.24) is 4.90 Å². The smallest absolute Gasteiger partial charge is 0.265 e. The Labute approximate surface area is 211 Å². The van der Waals surface area contributed by atoms with Crippen LogP contribution in [0.3, 0.4) is 0 Å². The van der Waals surface area contributed by atoms with Crippen molar-refractivity contribution in [2.45, 2.75) is 45.3 Å². The monoisotopic (exact) mass is 490 g/mol. The number of fused-ring (bicyclic) bond motifs is 1. The van der Waals surface area contributed by atoms with Crippen molar-refractivity contribution in [3.8, 4) is 11.5 Å². The molecule has 0 saturated carbocycles. The standard InChI is InChI=1S/C29H31FN2O4/c1-4-26(29(34)31-22-10-13-23(35-3)14-11-22)36-24-12-9-19-15-16-32(27(33)5-2)28(25(19)18-24)20-7-6-8-21(30)17-20/h6-14,17-18,26,28H,4-5,15-16H2,1-3H3,(H,31,34)/t26-,28-/m0/s1. The summed E-state index contributed by atoms with van der Waals surface area (Å²) in [5.41, 5.74) is 3.32. The van der Waals surface area contributed by atoms with Gasteiger partial charge in [0.05, 0.1) is 13.2 Å². The van der Waals surface area contributed by atoms with E-state index in [-0.39, 0.29) is 17.6 Å². The van der Waals surface area contributed by atoms with E-state index in [9.17, 15) is 14.0 Å². The third kappa shape index (κ3) is 5.51. The van der Waals surface area contributed by atoms with E-state index in [1.807, 2.05) is 38.1 Å². The van der Waals surface area contributed by atoms with Gasteiger partial charge in [-0.1, -0.05) is 32.0 Å². The Balaban J connectivity index is 1.60. The molecule has 6 nitrogen and oxygen atoms in total. The van der Waals surface area contributed by atoms with Crippen LogP contribution in [-0.4, -0.2) is 36.5 Å². The highest BCUT2D eigenvalue weighted by molar-refractivity contribution is 5.94. The van der Waals surface area contributed by atoms with Crippen LogP contribution in [0.2, 0.25) is 0 Å². The molecule has 0 spiro atoms. The number of benzene rings is 3. The first-order valence-corrected chi connectivity index (χ1v) is 12.2. The molecule has 1 heterocycles. The van der Waals surface area contributed by atoms with Gasteiger partial charge in [0, 0.05) is 18.7 Å². The Bertz CT molecular complexity index is 1230. The van der Waals surface area contributed by atoms with Gasteiger partial charge in [-0.15, -0.1) is 0 Å². The van der Waals surface area contributed by atoms with Crippen LogP contribution in [0.4, 0.5) is 10.1 Å². The average molecular weight is 491 g/mol. The van der Waals surface area contributed by atoms with E-state index in [0.717, 1.165) is 11.1 Å². The van der Waals surface area contributed by atoms with Crippen LogP contribution in [0.5, 0.6) is 11.5 Å². The van der Waals surface area contributed by atoms with Gasteiger partial charge >= 0.3 is 0 Å². The summed E-state index contributed by atoms with van der Waals surface area (Å²) in [5.74, 6) is 0.625. The largest absolute Gasteiger partial charge is 0.497 e. The minimum Gasteiger partial charge on any atom is -0.497 e. The first kappa shape index (κ1) is 25.2. The van der Waals surface area contributed by atoms with E-state index in [0.29, 0.717) is 48.6 Å². The SMILES string of the molecule is CCC(=O)N1CCc2ccc(O[C@@H](CC)C(=O)Nc3ccc(OC)cc3)cc2[C@@H]1c1cccc(F)c1. The lowest BCUT2D eigenvalue weighted by Gasteiger charge is -2.38. The van der Waals surface area contributed by atoms with Gasteiger partial charge in [-0.05, 0) is 78.1 Å². The number of hydrogen-bond acceptors (Lipinski definition) is 4. The number of nitrogens with one attached hydrogen (secondary N) is 1. The molecule has 2 amide bonds. The van der Waals surface area contributed by atoms with Crippen molar-refractivity contribution in [3.05, 3.63) is 89.2 Å². The molecule has 0 fully saturated rings. The molecule has 7 heteroatoms. The van der Waals surface area contributed by atoms with Gasteiger partial charge in [0.15, 0.2) is 6.10 Å². The second-order valence-corrected chi connectivity index (χ2v) is 8.74. The van der Waals surface area contributed by atoms with Crippen LogP contribution >= 0.6 is 0 Å². The van der Waals surface area contributed by atoms with E-state index in [1.54, 1.807) is 42.3 Å². The van der Waals surface area contributed by atoms with Crippen LogP contribution in [-0.2, 0) is 16.0 Å². The van der Waals surface area contributed by atoms with Gasteiger partial charge in [0.2, 0.25) is 5.91 Å². The molecular weight excluding hydrogens is 459 g/mol. The maximum atomic E-state index is 14.1. The fourth-order valence-corrected chi connectivity index (χ4v) is 4.56. The van der Waals surface area contributed by atoms with Crippen LogP contribution < -0.4 is 14.8 Å². The Morgan fingerprint density at radius 3 is 2.47 bits per heavy atom. The number of carbonyl (C=O) groups excluding carboxylic acids is 2. The molecule has 188 valence electrons. The van der Waals surface area contributed by atoms with Gasteiger partial charge in [0.25, 0.3) is 5.91 Å². The van der Waals surface area contributed by atoms with E-state index in [1.165, 1.54) is 12.1 Å². The van der Waals surface area contributed by atoms with E-state index >= 15 is 0 Å². The molecule has 3 aromatic carbocycles. The fourth-order valence-electron chi connectivity index (χ4n) is 4.56. The molecule has 36 heavy (non-hydrogen) atoms. The maximum absolute atomic E-state index is 14.1. The second kappa shape index (κ2) is 11.2. The van der Waals surface area contributed by atoms with Crippen molar-refractivity contribution < 1.29 is 23.5 Å². The minimum atomic E-state index is -0.713. The lowest BCUT2D eigenvalue weighted by Crippen LogP contribution is -2.40. The maximum Gasteiger partial charge on any atom is 0.265 e. The highest BCUT2D eigenvalue weighted by Gasteiger charge is 2.32. The number of rotatable bonds is 8. The van der Waals surface area contributed by atoms with Crippen molar-refractivity contribution in [2.24, 2.45) is 0 Å². The Morgan fingerprint density at radius 1 is 1.06 bits per heavy atom. The van der Waals surface area contributed by atoms with Crippen molar-refractivity contribution in [3.63, 3.8) is 0 Å². The lowest BCUT2D eigenvalue weighted by molar-refractivity contribution is -0.133. The summed E-state index contributed by atoms with van der Waals surface area (Å²) in [6, 6.07) is 18.7. The molecule has 2 atom stereocenters. The highest BCUT2D eigenvalue weighted by atomic mass is 19.1. The van der Waals surface area contributed by atoms with Crippen LogP contribution in [0.25, 0.3) is 0 Å². The highest BCUT2D eigenvalue weighted by Crippen LogP contribution is 2.38. The number of nitrogens with zero attached hydrogens (tertiary/aromatic N) is 1. The van der Waals surface area contributed by atoms with Crippen LogP contribution in [0, 0.1) is 5.82 Å². The van der Waals surface area contributed by atoms with E-state index < -0.39 is 12.1 Å². The third-order valence-electron chi connectivity index (χ3n) is 6.43. The first-order valence-electron chi connectivity index (χ1n) is 12.2. The van der Waals surface area contributed by atoms with Gasteiger partial charge in [-0.25, -0.2) is 4.39 Å². The van der Waals surface area contributed by atoms with Crippen molar-refractivity contribution >= 4 is 17.5 Å². The van der Waals surface area contributed by atoms with E-state index in [2.05, 4.69) is 5.32 Å². The molecule has 1 N–H and O–H groups in total. The Morgan fingerprint density at radius 2 is 1.81 bits per heavy atom. The summed E-state index contributed by atoms with van der Waals surface area (Å²) >= 11 is 0. The number of amides is 2. The van der Waals surface area contributed by atoms with Gasteiger partial charge < -0.3 is 19.7 Å². The van der Waals surface area contributed by atoms with Crippen LogP contribution in [0.15, 0.2) is 66.7 Å². The molecule has 0 aliphatic carbocycles. The summed E-state index contributed by atoms with van der Waals surface area (Å²) in [5, 5.41) is 2.88. The van der Waals surface area contributed by atoms with Crippen LogP contribution in [0.1, 0.15) is 49.4 Å². The van der Waals surface area contributed by atoms with Gasteiger partial charge in [-0.2, -0.15) is 0 Å². The molecule has 0 aromatic heterocycles. The molecule has 0 radical (unpaired) electrons. The second-order valence-electron chi connectivity index (χ2n) is 8.74. The molecule has 4 rings (SSSR count). The van der Waals surface area contributed by atoms with E-state index in [4.69, 9.17) is 9.47 Å². The zero-order valence-corrected chi connectivity index (χ0v) is 20.8. The third-order valence-corrected chi connectivity index (χ3v) is 6.43. The normalized spacial score (nSPS) is 15.6. The summed E-state index contributed by atoms with van der Waals surface area (Å²) < 4.78 is 25.4. The average Bonchev–Trinajstić information content (AvgIpc) is 2.90. The molecular formula is C29H31FN2O4. The Hall–Kier alpha value is -3.87. The zero-order chi connectivity index (χ0) is 25.7. The van der Waals surface area contributed by atoms with Crippen molar-refractivity contribution in [1.29, 1.82) is 0 Å². The predicted octanol–water partition coefficient (Wildman–Crippen LogP) is 5.51. The quantitative estimate of drug-likeness (QED) is 0.452. The number of anilines is 1. The fraction of sp³-hybridized carbons (Fsp3) is 0.310. The summed E-state index contributed by atoms with van der Waals surface area (Å²) in [7, 11) is 1.59. The number of ether oxygens (including phenoxy) is 2. The molecule has 3 aromatic rings. The lowest BCUT2D eigenvalue weighted by atomic mass is 9.87. The van der Waals surface area contributed by atoms with Gasteiger partial charge in [-0.3, -0.25) is 9.59 Å². The topological polar surface area (TPSA) is 67.9 Å². The van der Waals surface area contributed by atoms with Gasteiger partial charge in [0.1, 0.15) is 17.3 Å². The molecule has 1 aliphatic rings. The summed E-state index contributed by atoms with van der Waals surface area (Å²) in [6.45, 7) is 4.27. The molecule has 1 aliphatic heterocycles. The minimum absolute atomic E-state index is 0.00605. The number of halogens is 1. The summed E-state index contributed by atoms with van der Waals surface area (Å²) in [4.78, 5) is 27.5. The predicted molar refractivity (Wildman–Crippen MR) is 137 cm³/mol.